The monoisotopic (exact) mass is 330 g/mol. The van der Waals surface area contributed by atoms with Crippen LogP contribution in [0.3, 0.4) is 0 Å². The minimum atomic E-state index is -0.226. The van der Waals surface area contributed by atoms with E-state index in [4.69, 9.17) is 18.6 Å². The van der Waals surface area contributed by atoms with E-state index in [1.54, 1.807) is 25.2 Å². The highest BCUT2D eigenvalue weighted by Gasteiger charge is 2.17. The van der Waals surface area contributed by atoms with Crippen LogP contribution in [0, 0.1) is 0 Å². The average molecular weight is 330 g/mol. The first kappa shape index (κ1) is 15.9. The molecule has 0 atom stereocenters. The first-order valence-corrected chi connectivity index (χ1v) is 7.39. The molecule has 126 valence electrons. The summed E-state index contributed by atoms with van der Waals surface area (Å²) in [4.78, 5) is 17.9. The molecule has 3 rings (SSSR count). The summed E-state index contributed by atoms with van der Waals surface area (Å²) in [6.45, 7) is 6.43. The number of benzene rings is 1. The van der Waals surface area contributed by atoms with Gasteiger partial charge in [-0.3, -0.25) is 4.79 Å². The van der Waals surface area contributed by atoms with Crippen LogP contribution in [0.4, 0.5) is 0 Å². The van der Waals surface area contributed by atoms with Gasteiger partial charge in [0.05, 0.1) is 0 Å². The van der Waals surface area contributed by atoms with E-state index >= 15 is 0 Å². The van der Waals surface area contributed by atoms with Gasteiger partial charge in [-0.05, 0) is 19.1 Å². The average Bonchev–Trinajstić information content (AvgIpc) is 3.20. The minimum Gasteiger partial charge on any atom is -0.484 e. The Labute approximate surface area is 139 Å². The zero-order chi connectivity index (χ0) is 17.1. The zero-order valence-electron chi connectivity index (χ0n) is 13.6. The molecule has 2 aromatic rings. The fourth-order valence-electron chi connectivity index (χ4n) is 2.26. The number of ether oxygens (including phenoxy) is 3. The van der Waals surface area contributed by atoms with Crippen LogP contribution >= 0.6 is 0 Å². The second-order valence-corrected chi connectivity index (χ2v) is 5.55. The molecule has 0 radical (unpaired) electrons. The Kier molecular flexibility index (Phi) is 4.41. The molecule has 0 spiro atoms. The van der Waals surface area contributed by atoms with Crippen molar-refractivity contribution in [2.24, 2.45) is 0 Å². The Bertz CT molecular complexity index is 768. The van der Waals surface area contributed by atoms with Gasteiger partial charge in [0.25, 0.3) is 5.91 Å². The molecular formula is C17H18N2O5. The van der Waals surface area contributed by atoms with Gasteiger partial charge in [-0.25, -0.2) is 4.98 Å². The number of nitrogens with zero attached hydrogens (tertiary/aromatic N) is 2. The van der Waals surface area contributed by atoms with Crippen molar-refractivity contribution < 1.29 is 23.4 Å². The fourth-order valence-corrected chi connectivity index (χ4v) is 2.26. The molecule has 1 aromatic carbocycles. The molecule has 0 N–H and O–H groups in total. The normalized spacial score (nSPS) is 12.1. The van der Waals surface area contributed by atoms with Crippen LogP contribution in [0.5, 0.6) is 17.2 Å². The molecule has 2 heterocycles. The number of fused-ring (bicyclic) bond motifs is 1. The fraction of sp³-hybridized carbons (Fsp3) is 0.294. The van der Waals surface area contributed by atoms with Crippen LogP contribution < -0.4 is 14.2 Å². The van der Waals surface area contributed by atoms with Crippen LogP contribution in [0.15, 0.2) is 41.0 Å². The Morgan fingerprint density at radius 1 is 1.38 bits per heavy atom. The van der Waals surface area contributed by atoms with Gasteiger partial charge in [-0.1, -0.05) is 12.2 Å². The number of hydrogen-bond donors (Lipinski definition) is 0. The molecule has 7 heteroatoms. The van der Waals surface area contributed by atoms with Crippen molar-refractivity contribution in [2.75, 3.05) is 20.4 Å². The predicted molar refractivity (Wildman–Crippen MR) is 85.2 cm³/mol. The second kappa shape index (κ2) is 6.66. The van der Waals surface area contributed by atoms with Crippen LogP contribution in [0.2, 0.25) is 0 Å². The number of carbonyl (C=O) groups is 1. The molecule has 1 aliphatic rings. The SMILES string of the molecule is C=C(C)CN(C)C(=O)c1coc(COc2ccc3c(c2)OCO3)n1. The third kappa shape index (κ3) is 3.51. The summed E-state index contributed by atoms with van der Waals surface area (Å²) in [5.41, 5.74) is 1.13. The van der Waals surface area contributed by atoms with Crippen LogP contribution in [0.25, 0.3) is 0 Å². The molecule has 1 aliphatic heterocycles. The third-order valence-corrected chi connectivity index (χ3v) is 3.33. The Balaban J connectivity index is 1.60. The van der Waals surface area contributed by atoms with E-state index in [0.29, 0.717) is 29.7 Å². The summed E-state index contributed by atoms with van der Waals surface area (Å²) in [7, 11) is 1.69. The zero-order valence-corrected chi connectivity index (χ0v) is 13.6. The molecule has 7 nitrogen and oxygen atoms in total. The molecule has 0 saturated carbocycles. The van der Waals surface area contributed by atoms with E-state index in [1.165, 1.54) is 11.2 Å². The van der Waals surface area contributed by atoms with Crippen molar-refractivity contribution in [1.29, 1.82) is 0 Å². The summed E-state index contributed by atoms with van der Waals surface area (Å²) in [5, 5.41) is 0. The van der Waals surface area contributed by atoms with Crippen molar-refractivity contribution in [1.82, 2.24) is 9.88 Å². The molecule has 0 unspecified atom stereocenters. The maximum atomic E-state index is 12.2. The molecule has 0 saturated heterocycles. The highest BCUT2D eigenvalue weighted by atomic mass is 16.7. The van der Waals surface area contributed by atoms with E-state index in [2.05, 4.69) is 11.6 Å². The number of rotatable bonds is 6. The summed E-state index contributed by atoms with van der Waals surface area (Å²) in [6.07, 6.45) is 1.33. The first-order chi connectivity index (χ1) is 11.5. The molecule has 1 amide bonds. The van der Waals surface area contributed by atoms with Crippen molar-refractivity contribution in [3.8, 4) is 17.2 Å². The Morgan fingerprint density at radius 3 is 2.96 bits per heavy atom. The lowest BCUT2D eigenvalue weighted by atomic mass is 10.3. The van der Waals surface area contributed by atoms with E-state index in [9.17, 15) is 4.79 Å². The third-order valence-electron chi connectivity index (χ3n) is 3.33. The number of carbonyl (C=O) groups excluding carboxylic acids is 1. The summed E-state index contributed by atoms with van der Waals surface area (Å²) in [6, 6.07) is 5.27. The van der Waals surface area contributed by atoms with Gasteiger partial charge in [0.2, 0.25) is 12.7 Å². The minimum absolute atomic E-state index is 0.108. The first-order valence-electron chi connectivity index (χ1n) is 7.39. The maximum Gasteiger partial charge on any atom is 0.275 e. The van der Waals surface area contributed by atoms with Gasteiger partial charge in [0, 0.05) is 19.7 Å². The van der Waals surface area contributed by atoms with E-state index in [1.807, 2.05) is 6.92 Å². The van der Waals surface area contributed by atoms with Crippen molar-refractivity contribution in [3.05, 3.63) is 48.2 Å². The molecule has 0 fully saturated rings. The van der Waals surface area contributed by atoms with Gasteiger partial charge in [0.15, 0.2) is 23.8 Å². The summed E-state index contributed by atoms with van der Waals surface area (Å²) >= 11 is 0. The second-order valence-electron chi connectivity index (χ2n) is 5.55. The molecule has 24 heavy (non-hydrogen) atoms. The van der Waals surface area contributed by atoms with Crippen molar-refractivity contribution in [3.63, 3.8) is 0 Å². The maximum absolute atomic E-state index is 12.2. The molecular weight excluding hydrogens is 312 g/mol. The highest BCUT2D eigenvalue weighted by Crippen LogP contribution is 2.35. The quantitative estimate of drug-likeness (QED) is 0.758. The summed E-state index contributed by atoms with van der Waals surface area (Å²) < 4.78 is 21.4. The molecule has 0 bridgehead atoms. The predicted octanol–water partition coefficient (Wildman–Crippen LogP) is 2.63. The summed E-state index contributed by atoms with van der Waals surface area (Å²) in [5.74, 6) is 2.02. The van der Waals surface area contributed by atoms with Gasteiger partial charge in [-0.2, -0.15) is 0 Å². The lowest BCUT2D eigenvalue weighted by Crippen LogP contribution is -2.28. The molecule has 0 aliphatic carbocycles. The van der Waals surface area contributed by atoms with Gasteiger partial charge in [-0.15, -0.1) is 0 Å². The number of hydrogen-bond acceptors (Lipinski definition) is 6. The van der Waals surface area contributed by atoms with Gasteiger partial charge >= 0.3 is 0 Å². The van der Waals surface area contributed by atoms with E-state index in [-0.39, 0.29) is 25.0 Å². The van der Waals surface area contributed by atoms with Gasteiger partial charge in [0.1, 0.15) is 12.0 Å². The largest absolute Gasteiger partial charge is 0.484 e. The smallest absolute Gasteiger partial charge is 0.275 e. The number of likely N-dealkylation sites (N-methyl/N-ethyl adjacent to an activating group) is 1. The van der Waals surface area contributed by atoms with Crippen molar-refractivity contribution >= 4 is 5.91 Å². The Morgan fingerprint density at radius 2 is 2.17 bits per heavy atom. The van der Waals surface area contributed by atoms with Crippen LogP contribution in [0.1, 0.15) is 23.3 Å². The van der Waals surface area contributed by atoms with E-state index in [0.717, 1.165) is 5.57 Å². The van der Waals surface area contributed by atoms with Crippen LogP contribution in [-0.2, 0) is 6.61 Å². The number of amides is 1. The molecule has 1 aromatic heterocycles. The van der Waals surface area contributed by atoms with Gasteiger partial charge < -0.3 is 23.5 Å². The Hall–Kier alpha value is -2.96. The lowest BCUT2D eigenvalue weighted by Gasteiger charge is -2.14. The van der Waals surface area contributed by atoms with Crippen LogP contribution in [-0.4, -0.2) is 36.2 Å². The number of aromatic nitrogens is 1. The number of oxazole rings is 1. The lowest BCUT2D eigenvalue weighted by molar-refractivity contribution is 0.0801. The highest BCUT2D eigenvalue weighted by molar-refractivity contribution is 5.91. The van der Waals surface area contributed by atoms with Crippen molar-refractivity contribution in [2.45, 2.75) is 13.5 Å². The van der Waals surface area contributed by atoms with E-state index < -0.39 is 0 Å². The standard InChI is InChI=1S/C17H18N2O5/c1-11(2)7-19(3)17(20)13-8-22-16(18-13)9-21-12-4-5-14-15(6-12)24-10-23-14/h4-6,8H,1,7,9-10H2,2-3H3. The topological polar surface area (TPSA) is 74.0 Å².